The first kappa shape index (κ1) is 18.5. The first-order valence-corrected chi connectivity index (χ1v) is 8.86. The highest BCUT2D eigenvalue weighted by Gasteiger charge is 2.36. The van der Waals surface area contributed by atoms with Gasteiger partial charge in [0, 0.05) is 40.3 Å². The molecule has 0 aliphatic rings. The standard InChI is InChI=1S/C13H28N2O3Si/c1-5-6-10-15(11-7-9-14)12-8-13-19(16-2,17-3)18-4/h5-8,10-13H2,1-4H3. The molecule has 0 aromatic heterocycles. The van der Waals surface area contributed by atoms with Gasteiger partial charge in [-0.1, -0.05) is 13.3 Å². The van der Waals surface area contributed by atoms with Crippen LogP contribution in [-0.4, -0.2) is 54.7 Å². The maximum atomic E-state index is 8.68. The molecule has 0 aliphatic heterocycles. The van der Waals surface area contributed by atoms with E-state index < -0.39 is 8.80 Å². The van der Waals surface area contributed by atoms with Gasteiger partial charge in [-0.05, 0) is 25.9 Å². The molecule has 0 radical (unpaired) electrons. The Hall–Kier alpha value is -0.453. The lowest BCUT2D eigenvalue weighted by Crippen LogP contribution is -2.43. The molecule has 0 fully saturated rings. The molecule has 0 rings (SSSR count). The average molecular weight is 288 g/mol. The highest BCUT2D eigenvalue weighted by Crippen LogP contribution is 2.15. The van der Waals surface area contributed by atoms with Gasteiger partial charge >= 0.3 is 8.80 Å². The monoisotopic (exact) mass is 288 g/mol. The summed E-state index contributed by atoms with van der Waals surface area (Å²) in [6.45, 7) is 5.05. The van der Waals surface area contributed by atoms with E-state index in [0.717, 1.165) is 32.1 Å². The molecule has 0 amide bonds. The van der Waals surface area contributed by atoms with Gasteiger partial charge in [0.15, 0.2) is 0 Å². The van der Waals surface area contributed by atoms with Gasteiger partial charge < -0.3 is 18.2 Å². The summed E-state index contributed by atoms with van der Waals surface area (Å²) in [7, 11) is 2.49. The van der Waals surface area contributed by atoms with Gasteiger partial charge in [-0.3, -0.25) is 0 Å². The van der Waals surface area contributed by atoms with E-state index in [1.807, 2.05) is 0 Å². The van der Waals surface area contributed by atoms with Gasteiger partial charge in [-0.2, -0.15) is 5.26 Å². The molecule has 19 heavy (non-hydrogen) atoms. The second-order valence-electron chi connectivity index (χ2n) is 4.50. The Labute approximate surface area is 118 Å². The lowest BCUT2D eigenvalue weighted by Gasteiger charge is -2.26. The van der Waals surface area contributed by atoms with E-state index in [9.17, 15) is 0 Å². The summed E-state index contributed by atoms with van der Waals surface area (Å²) in [4.78, 5) is 2.34. The molecular weight excluding hydrogens is 260 g/mol. The second kappa shape index (κ2) is 11.4. The first-order chi connectivity index (χ1) is 9.17. The third-order valence-corrected chi connectivity index (χ3v) is 6.09. The van der Waals surface area contributed by atoms with Crippen molar-refractivity contribution in [1.29, 1.82) is 5.26 Å². The Morgan fingerprint density at radius 1 is 1.00 bits per heavy atom. The van der Waals surface area contributed by atoms with E-state index in [2.05, 4.69) is 17.9 Å². The largest absolute Gasteiger partial charge is 0.500 e. The fourth-order valence-electron chi connectivity index (χ4n) is 2.00. The summed E-state index contributed by atoms with van der Waals surface area (Å²) in [5.41, 5.74) is 0. The minimum absolute atomic E-state index is 0.588. The minimum Gasteiger partial charge on any atom is -0.377 e. The van der Waals surface area contributed by atoms with Crippen LogP contribution in [-0.2, 0) is 13.3 Å². The average Bonchev–Trinajstić information content (AvgIpc) is 2.46. The van der Waals surface area contributed by atoms with Crippen LogP contribution in [0, 0.1) is 11.3 Å². The minimum atomic E-state index is -2.44. The van der Waals surface area contributed by atoms with Crippen molar-refractivity contribution >= 4 is 8.80 Å². The Morgan fingerprint density at radius 3 is 2.05 bits per heavy atom. The van der Waals surface area contributed by atoms with Crippen molar-refractivity contribution in [3.63, 3.8) is 0 Å². The fourth-order valence-corrected chi connectivity index (χ4v) is 3.70. The normalized spacial score (nSPS) is 11.8. The summed E-state index contributed by atoms with van der Waals surface area (Å²) in [5.74, 6) is 0. The van der Waals surface area contributed by atoms with Crippen molar-refractivity contribution in [2.45, 2.75) is 38.7 Å². The van der Waals surface area contributed by atoms with Crippen molar-refractivity contribution in [2.75, 3.05) is 41.0 Å². The highest BCUT2D eigenvalue weighted by atomic mass is 28.4. The van der Waals surface area contributed by atoms with Gasteiger partial charge in [0.1, 0.15) is 0 Å². The second-order valence-corrected chi connectivity index (χ2v) is 7.59. The van der Waals surface area contributed by atoms with Crippen LogP contribution in [0.4, 0.5) is 0 Å². The highest BCUT2D eigenvalue weighted by molar-refractivity contribution is 6.60. The molecule has 5 nitrogen and oxygen atoms in total. The Kier molecular flexibility index (Phi) is 11.1. The molecule has 0 heterocycles. The van der Waals surface area contributed by atoms with E-state index in [0.29, 0.717) is 6.42 Å². The molecule has 0 bridgehead atoms. The van der Waals surface area contributed by atoms with Gasteiger partial charge in [-0.25, -0.2) is 0 Å². The summed E-state index contributed by atoms with van der Waals surface area (Å²) >= 11 is 0. The van der Waals surface area contributed by atoms with Crippen LogP contribution in [0.25, 0.3) is 0 Å². The van der Waals surface area contributed by atoms with E-state index in [1.54, 1.807) is 21.3 Å². The van der Waals surface area contributed by atoms with E-state index >= 15 is 0 Å². The van der Waals surface area contributed by atoms with Crippen molar-refractivity contribution in [2.24, 2.45) is 0 Å². The summed E-state index contributed by atoms with van der Waals surface area (Å²) in [5, 5.41) is 8.68. The van der Waals surface area contributed by atoms with Crippen molar-refractivity contribution < 1.29 is 13.3 Å². The SMILES string of the molecule is CCCCN(CCC#N)CCC[Si](OC)(OC)OC. The van der Waals surface area contributed by atoms with E-state index in [1.165, 1.54) is 12.8 Å². The van der Waals surface area contributed by atoms with Crippen LogP contribution < -0.4 is 0 Å². The maximum absolute atomic E-state index is 8.68. The number of hydrogen-bond acceptors (Lipinski definition) is 5. The van der Waals surface area contributed by atoms with Gasteiger partial charge in [-0.15, -0.1) is 0 Å². The molecule has 0 spiro atoms. The maximum Gasteiger partial charge on any atom is 0.500 e. The Balaban J connectivity index is 4.11. The quantitative estimate of drug-likeness (QED) is 0.516. The number of unbranched alkanes of at least 4 members (excludes halogenated alkanes) is 1. The Bertz CT molecular complexity index is 246. The molecule has 0 saturated heterocycles. The molecule has 0 aromatic rings. The number of nitrogens with zero attached hydrogens (tertiary/aromatic N) is 2. The molecule has 6 heteroatoms. The summed E-state index contributed by atoms with van der Waals surface area (Å²) in [6.07, 6.45) is 3.91. The number of nitriles is 1. The van der Waals surface area contributed by atoms with Crippen LogP contribution >= 0.6 is 0 Å². The first-order valence-electron chi connectivity index (χ1n) is 6.92. The van der Waals surface area contributed by atoms with E-state index in [-0.39, 0.29) is 0 Å². The number of hydrogen-bond donors (Lipinski definition) is 0. The van der Waals surface area contributed by atoms with Crippen LogP contribution in [0.5, 0.6) is 0 Å². The van der Waals surface area contributed by atoms with Crippen molar-refractivity contribution in [3.8, 4) is 6.07 Å². The molecule has 0 saturated carbocycles. The summed E-state index contributed by atoms with van der Waals surface area (Å²) < 4.78 is 16.2. The van der Waals surface area contributed by atoms with Crippen LogP contribution in [0.15, 0.2) is 0 Å². The van der Waals surface area contributed by atoms with Gasteiger partial charge in [0.25, 0.3) is 0 Å². The molecular formula is C13H28N2O3Si. The molecule has 0 unspecified atom stereocenters. The predicted octanol–water partition coefficient (Wildman–Crippen LogP) is 2.27. The lowest BCUT2D eigenvalue weighted by molar-refractivity contribution is 0.121. The molecule has 0 aliphatic carbocycles. The number of rotatable bonds is 12. The molecule has 112 valence electrons. The molecule has 0 N–H and O–H groups in total. The smallest absolute Gasteiger partial charge is 0.377 e. The van der Waals surface area contributed by atoms with Crippen LogP contribution in [0.2, 0.25) is 6.04 Å². The van der Waals surface area contributed by atoms with Crippen LogP contribution in [0.3, 0.4) is 0 Å². The molecule has 0 aromatic carbocycles. The molecule has 0 atom stereocenters. The van der Waals surface area contributed by atoms with Gasteiger partial charge in [0.05, 0.1) is 6.07 Å². The van der Waals surface area contributed by atoms with Crippen molar-refractivity contribution in [1.82, 2.24) is 4.90 Å². The lowest BCUT2D eigenvalue weighted by atomic mass is 10.3. The Morgan fingerprint density at radius 2 is 1.58 bits per heavy atom. The zero-order valence-electron chi connectivity index (χ0n) is 12.8. The summed E-state index contributed by atoms with van der Waals surface area (Å²) in [6, 6.07) is 3.02. The predicted molar refractivity (Wildman–Crippen MR) is 77.8 cm³/mol. The van der Waals surface area contributed by atoms with Gasteiger partial charge in [0.2, 0.25) is 0 Å². The zero-order valence-corrected chi connectivity index (χ0v) is 13.8. The fraction of sp³-hybridized carbons (Fsp3) is 0.923. The topological polar surface area (TPSA) is 54.7 Å². The third kappa shape index (κ3) is 7.65. The van der Waals surface area contributed by atoms with Crippen LogP contribution in [0.1, 0.15) is 32.6 Å². The van der Waals surface area contributed by atoms with Crippen molar-refractivity contribution in [3.05, 3.63) is 0 Å². The van der Waals surface area contributed by atoms with E-state index in [4.69, 9.17) is 18.5 Å². The third-order valence-electron chi connectivity index (χ3n) is 3.26. The zero-order chi connectivity index (χ0) is 14.6.